The van der Waals surface area contributed by atoms with Crippen molar-refractivity contribution in [2.24, 2.45) is 5.92 Å². The molecule has 2 aliphatic heterocycles. The standard InChI is InChI=1S/C15H18F3N5O5/c16-15(17,18)28-10(6-1-2-26-3-6)11-8(24)9(25)14(27-11)23-5-22-7-12(19)20-4-21-13(7)23/h4-6,8-11,14,24-25H,1-3H2,(H2,19,20,21)/t6-,8-,9+,10?,11-,14+/m0/s1. The fourth-order valence-electron chi connectivity index (χ4n) is 3.64. The number of rotatable bonds is 4. The largest absolute Gasteiger partial charge is 0.522 e. The third kappa shape index (κ3) is 3.39. The minimum Gasteiger partial charge on any atom is -0.387 e. The fourth-order valence-corrected chi connectivity index (χ4v) is 3.64. The number of imidazole rings is 1. The lowest BCUT2D eigenvalue weighted by Crippen LogP contribution is -2.46. The number of aromatic nitrogens is 4. The van der Waals surface area contributed by atoms with Crippen LogP contribution in [0.5, 0.6) is 0 Å². The van der Waals surface area contributed by atoms with Gasteiger partial charge in [0, 0.05) is 12.5 Å². The zero-order chi connectivity index (χ0) is 20.1. The highest BCUT2D eigenvalue weighted by Crippen LogP contribution is 2.39. The molecule has 0 saturated carbocycles. The topological polar surface area (TPSA) is 138 Å². The van der Waals surface area contributed by atoms with Gasteiger partial charge in [0.15, 0.2) is 17.7 Å². The summed E-state index contributed by atoms with van der Waals surface area (Å²) in [5.41, 5.74) is 6.17. The predicted octanol–water partition coefficient (Wildman–Crippen LogP) is -0.0308. The molecule has 2 aromatic rings. The number of aliphatic hydroxyl groups is 2. The highest BCUT2D eigenvalue weighted by molar-refractivity contribution is 5.81. The molecule has 6 atom stereocenters. The molecule has 10 nitrogen and oxygen atoms in total. The van der Waals surface area contributed by atoms with Crippen molar-refractivity contribution < 1.29 is 37.6 Å². The molecule has 154 valence electrons. The van der Waals surface area contributed by atoms with E-state index >= 15 is 0 Å². The van der Waals surface area contributed by atoms with Gasteiger partial charge >= 0.3 is 6.36 Å². The highest BCUT2D eigenvalue weighted by atomic mass is 19.4. The third-order valence-electron chi connectivity index (χ3n) is 4.96. The Morgan fingerprint density at radius 3 is 2.71 bits per heavy atom. The number of nitrogens with zero attached hydrogens (tertiary/aromatic N) is 4. The summed E-state index contributed by atoms with van der Waals surface area (Å²) in [7, 11) is 0. The second kappa shape index (κ2) is 7.08. The van der Waals surface area contributed by atoms with Gasteiger partial charge < -0.3 is 25.4 Å². The number of nitrogens with two attached hydrogens (primary N) is 1. The first-order valence-corrected chi connectivity index (χ1v) is 8.53. The van der Waals surface area contributed by atoms with Crippen LogP contribution in [0.4, 0.5) is 19.0 Å². The van der Waals surface area contributed by atoms with Crippen molar-refractivity contribution in [1.29, 1.82) is 0 Å². The van der Waals surface area contributed by atoms with Gasteiger partial charge in [0.05, 0.1) is 12.9 Å². The molecule has 0 radical (unpaired) electrons. The SMILES string of the molecule is Nc1ncnc2c1ncn2[C@@H]1O[C@H](C(OC(F)(F)F)[C@H]2CCOC2)[C@@H](O)[C@H]1O. The number of aliphatic hydroxyl groups excluding tert-OH is 2. The molecule has 28 heavy (non-hydrogen) atoms. The average molecular weight is 405 g/mol. The van der Waals surface area contributed by atoms with Crippen LogP contribution >= 0.6 is 0 Å². The van der Waals surface area contributed by atoms with Crippen LogP contribution in [0.15, 0.2) is 12.7 Å². The first-order valence-electron chi connectivity index (χ1n) is 8.53. The molecule has 2 saturated heterocycles. The monoisotopic (exact) mass is 405 g/mol. The number of hydrogen-bond acceptors (Lipinski definition) is 9. The number of alkyl halides is 3. The summed E-state index contributed by atoms with van der Waals surface area (Å²) >= 11 is 0. The molecule has 4 N–H and O–H groups in total. The molecule has 13 heteroatoms. The van der Waals surface area contributed by atoms with E-state index in [4.69, 9.17) is 15.2 Å². The summed E-state index contributed by atoms with van der Waals surface area (Å²) < 4.78 is 55.2. The van der Waals surface area contributed by atoms with Crippen LogP contribution in [0.3, 0.4) is 0 Å². The number of nitrogen functional groups attached to an aromatic ring is 1. The summed E-state index contributed by atoms with van der Waals surface area (Å²) in [6.45, 7) is 0.311. The molecule has 0 aliphatic carbocycles. The molecule has 2 fully saturated rings. The molecule has 2 aromatic heterocycles. The van der Waals surface area contributed by atoms with E-state index in [1.165, 1.54) is 17.2 Å². The van der Waals surface area contributed by atoms with Crippen molar-refractivity contribution in [1.82, 2.24) is 19.5 Å². The molecule has 2 aliphatic rings. The van der Waals surface area contributed by atoms with Gasteiger partial charge in [-0.05, 0) is 6.42 Å². The summed E-state index contributed by atoms with van der Waals surface area (Å²) in [5, 5.41) is 20.9. The van der Waals surface area contributed by atoms with Crippen molar-refractivity contribution in [3.8, 4) is 0 Å². The van der Waals surface area contributed by atoms with Crippen molar-refractivity contribution in [2.75, 3.05) is 18.9 Å². The maximum atomic E-state index is 13.0. The van der Waals surface area contributed by atoms with Crippen LogP contribution in [0.2, 0.25) is 0 Å². The van der Waals surface area contributed by atoms with Gasteiger partial charge in [0.25, 0.3) is 0 Å². The minimum atomic E-state index is -4.94. The molecule has 1 unspecified atom stereocenters. The Morgan fingerprint density at radius 1 is 1.25 bits per heavy atom. The van der Waals surface area contributed by atoms with Gasteiger partial charge in [0.2, 0.25) is 0 Å². The van der Waals surface area contributed by atoms with Gasteiger partial charge in [0.1, 0.15) is 36.3 Å². The van der Waals surface area contributed by atoms with E-state index in [9.17, 15) is 23.4 Å². The lowest BCUT2D eigenvalue weighted by atomic mass is 9.93. The van der Waals surface area contributed by atoms with E-state index in [2.05, 4.69) is 19.7 Å². The second-order valence-electron chi connectivity index (χ2n) is 6.71. The predicted molar refractivity (Wildman–Crippen MR) is 85.5 cm³/mol. The van der Waals surface area contributed by atoms with E-state index in [1.807, 2.05) is 0 Å². The fraction of sp³-hybridized carbons (Fsp3) is 0.667. The molecule has 0 bridgehead atoms. The maximum Gasteiger partial charge on any atom is 0.522 e. The number of anilines is 1. The van der Waals surface area contributed by atoms with E-state index in [-0.39, 0.29) is 30.2 Å². The van der Waals surface area contributed by atoms with Crippen LogP contribution < -0.4 is 5.73 Å². The Labute approximate surface area is 156 Å². The number of hydrogen-bond donors (Lipinski definition) is 3. The summed E-state index contributed by atoms with van der Waals surface area (Å²) in [5.74, 6) is -0.556. The second-order valence-corrected chi connectivity index (χ2v) is 6.71. The number of ether oxygens (including phenoxy) is 3. The first kappa shape index (κ1) is 19.3. The van der Waals surface area contributed by atoms with Crippen molar-refractivity contribution in [2.45, 2.75) is 43.4 Å². The van der Waals surface area contributed by atoms with Crippen LogP contribution in [-0.2, 0) is 14.2 Å². The van der Waals surface area contributed by atoms with E-state index in [0.717, 1.165) is 0 Å². The summed E-state index contributed by atoms with van der Waals surface area (Å²) in [6.07, 6.45) is -9.59. The Bertz CT molecular complexity index is 843. The van der Waals surface area contributed by atoms with E-state index in [0.29, 0.717) is 6.42 Å². The highest BCUT2D eigenvalue weighted by Gasteiger charge is 2.53. The third-order valence-corrected chi connectivity index (χ3v) is 4.96. The molecular formula is C15H18F3N5O5. The van der Waals surface area contributed by atoms with E-state index in [1.54, 1.807) is 0 Å². The van der Waals surface area contributed by atoms with Gasteiger partial charge in [-0.1, -0.05) is 0 Å². The number of fused-ring (bicyclic) bond motifs is 1. The molecule has 0 aromatic carbocycles. The Hall–Kier alpha value is -2.06. The lowest BCUT2D eigenvalue weighted by Gasteiger charge is -2.30. The van der Waals surface area contributed by atoms with Gasteiger partial charge in [-0.2, -0.15) is 0 Å². The average Bonchev–Trinajstić information content (AvgIpc) is 3.34. The Morgan fingerprint density at radius 2 is 2.04 bits per heavy atom. The molecule has 0 amide bonds. The van der Waals surface area contributed by atoms with Crippen LogP contribution in [0.1, 0.15) is 12.6 Å². The van der Waals surface area contributed by atoms with Crippen LogP contribution in [-0.4, -0.2) is 73.7 Å². The summed E-state index contributed by atoms with van der Waals surface area (Å²) in [6, 6.07) is 0. The molecular weight excluding hydrogens is 387 g/mol. The van der Waals surface area contributed by atoms with Crippen LogP contribution in [0.25, 0.3) is 11.2 Å². The first-order chi connectivity index (χ1) is 13.3. The van der Waals surface area contributed by atoms with Gasteiger partial charge in [-0.25, -0.2) is 15.0 Å². The van der Waals surface area contributed by atoms with Crippen molar-refractivity contribution in [3.05, 3.63) is 12.7 Å². The maximum absolute atomic E-state index is 13.0. The van der Waals surface area contributed by atoms with Crippen molar-refractivity contribution >= 4 is 17.0 Å². The van der Waals surface area contributed by atoms with E-state index < -0.39 is 42.9 Å². The Balaban J connectivity index is 1.64. The molecule has 4 rings (SSSR count). The normalized spacial score (nSPS) is 32.2. The zero-order valence-electron chi connectivity index (χ0n) is 14.4. The lowest BCUT2D eigenvalue weighted by molar-refractivity contribution is -0.361. The molecule has 4 heterocycles. The zero-order valence-corrected chi connectivity index (χ0v) is 14.4. The van der Waals surface area contributed by atoms with Crippen LogP contribution in [0, 0.1) is 5.92 Å². The van der Waals surface area contributed by atoms with Crippen molar-refractivity contribution in [3.63, 3.8) is 0 Å². The quantitative estimate of drug-likeness (QED) is 0.640. The smallest absolute Gasteiger partial charge is 0.387 e. The van der Waals surface area contributed by atoms with Gasteiger partial charge in [-0.3, -0.25) is 9.30 Å². The number of halogens is 3. The minimum absolute atomic E-state index is 0.0336. The van der Waals surface area contributed by atoms with Gasteiger partial charge in [-0.15, -0.1) is 13.2 Å². The molecule has 0 spiro atoms. The summed E-state index contributed by atoms with van der Waals surface area (Å²) in [4.78, 5) is 11.9. The Kier molecular flexibility index (Phi) is 4.87.